The molecule has 8 heteroatoms. The summed E-state index contributed by atoms with van der Waals surface area (Å²) >= 11 is 1.94. The third-order valence-corrected chi connectivity index (χ3v) is 3.81. The molecule has 1 aromatic heterocycles. The first-order valence-electron chi connectivity index (χ1n) is 4.30. The van der Waals surface area contributed by atoms with Crippen molar-refractivity contribution in [3.05, 3.63) is 15.0 Å². The minimum Gasteiger partial charge on any atom is -0.462 e. The quantitative estimate of drug-likeness (QED) is 0.386. The van der Waals surface area contributed by atoms with Crippen LogP contribution < -0.4 is 5.73 Å². The van der Waals surface area contributed by atoms with E-state index in [4.69, 9.17) is 10.5 Å². The highest BCUT2D eigenvalue weighted by Gasteiger charge is 2.27. The molecule has 0 atom stereocenters. The van der Waals surface area contributed by atoms with Crippen molar-refractivity contribution < 1.29 is 14.5 Å². The number of thioether (sulfide) groups is 1. The topological polar surface area (TPSA) is 95.5 Å². The van der Waals surface area contributed by atoms with Gasteiger partial charge >= 0.3 is 11.0 Å². The highest BCUT2D eigenvalue weighted by Crippen LogP contribution is 2.42. The van der Waals surface area contributed by atoms with E-state index >= 15 is 0 Å². The zero-order chi connectivity index (χ0) is 12.3. The van der Waals surface area contributed by atoms with Gasteiger partial charge in [0.15, 0.2) is 0 Å². The predicted molar refractivity (Wildman–Crippen MR) is 63.1 cm³/mol. The number of nitrogen functional groups attached to an aromatic ring is 1. The molecule has 0 saturated carbocycles. The minimum atomic E-state index is -0.595. The SMILES string of the molecule is CCOC(=O)c1sc([N+](=O)[O-])c(N)c1SC. The van der Waals surface area contributed by atoms with Gasteiger partial charge in [0.1, 0.15) is 10.6 Å². The van der Waals surface area contributed by atoms with Crippen molar-refractivity contribution in [3.8, 4) is 0 Å². The summed E-state index contributed by atoms with van der Waals surface area (Å²) in [5.41, 5.74) is 5.62. The number of hydrogen-bond donors (Lipinski definition) is 1. The van der Waals surface area contributed by atoms with Gasteiger partial charge < -0.3 is 10.5 Å². The number of nitrogens with zero attached hydrogens (tertiary/aromatic N) is 1. The Bertz CT molecular complexity index is 430. The first-order valence-corrected chi connectivity index (χ1v) is 6.34. The zero-order valence-corrected chi connectivity index (χ0v) is 10.3. The predicted octanol–water partition coefficient (Wildman–Crippen LogP) is 2.14. The number of anilines is 1. The number of thiophene rings is 1. The summed E-state index contributed by atoms with van der Waals surface area (Å²) < 4.78 is 4.80. The van der Waals surface area contributed by atoms with Gasteiger partial charge in [0.2, 0.25) is 0 Å². The number of nitrogens with two attached hydrogens (primary N) is 1. The lowest BCUT2D eigenvalue weighted by molar-refractivity contribution is -0.379. The first kappa shape index (κ1) is 12.8. The lowest BCUT2D eigenvalue weighted by Gasteiger charge is -2.00. The fraction of sp³-hybridized carbons (Fsp3) is 0.375. The van der Waals surface area contributed by atoms with Crippen molar-refractivity contribution in [1.82, 2.24) is 0 Å². The second-order valence-corrected chi connectivity index (χ2v) is 4.48. The number of carbonyl (C=O) groups is 1. The molecule has 0 fully saturated rings. The summed E-state index contributed by atoms with van der Waals surface area (Å²) in [6.07, 6.45) is 1.70. The molecule has 0 amide bonds. The second-order valence-electron chi connectivity index (χ2n) is 2.66. The molecule has 2 N–H and O–H groups in total. The van der Waals surface area contributed by atoms with E-state index in [9.17, 15) is 14.9 Å². The lowest BCUT2D eigenvalue weighted by atomic mass is 10.4. The molecule has 1 aromatic rings. The molecule has 0 bridgehead atoms. The van der Waals surface area contributed by atoms with E-state index in [2.05, 4.69) is 0 Å². The fourth-order valence-corrected chi connectivity index (χ4v) is 2.94. The molecule has 0 saturated heterocycles. The number of ether oxygens (including phenoxy) is 1. The number of rotatable bonds is 4. The van der Waals surface area contributed by atoms with Crippen LogP contribution in [0, 0.1) is 10.1 Å². The summed E-state index contributed by atoms with van der Waals surface area (Å²) in [6.45, 7) is 1.89. The molecule has 0 radical (unpaired) electrons. The van der Waals surface area contributed by atoms with Crippen LogP contribution in [0.15, 0.2) is 4.90 Å². The fourth-order valence-electron chi connectivity index (χ4n) is 1.09. The van der Waals surface area contributed by atoms with E-state index in [0.29, 0.717) is 4.90 Å². The van der Waals surface area contributed by atoms with Crippen molar-refractivity contribution >= 4 is 39.8 Å². The highest BCUT2D eigenvalue weighted by molar-refractivity contribution is 7.99. The van der Waals surface area contributed by atoms with E-state index in [0.717, 1.165) is 11.3 Å². The smallest absolute Gasteiger partial charge is 0.349 e. The Labute approximate surface area is 99.9 Å². The second kappa shape index (κ2) is 5.17. The van der Waals surface area contributed by atoms with E-state index in [1.165, 1.54) is 11.8 Å². The number of carbonyl (C=O) groups excluding carboxylic acids is 1. The van der Waals surface area contributed by atoms with Gasteiger partial charge in [-0.25, -0.2) is 4.79 Å². The zero-order valence-electron chi connectivity index (χ0n) is 8.68. The molecule has 0 aliphatic rings. The van der Waals surface area contributed by atoms with Gasteiger partial charge in [0, 0.05) is 0 Å². The Balaban J connectivity index is 3.23. The van der Waals surface area contributed by atoms with Crippen LogP contribution in [0.5, 0.6) is 0 Å². The van der Waals surface area contributed by atoms with Gasteiger partial charge in [-0.2, -0.15) is 0 Å². The average Bonchev–Trinajstić information content (AvgIpc) is 2.55. The summed E-state index contributed by atoms with van der Waals surface area (Å²) in [7, 11) is 0. The Hall–Kier alpha value is -1.28. The summed E-state index contributed by atoms with van der Waals surface area (Å²) in [5, 5.41) is 10.4. The van der Waals surface area contributed by atoms with Crippen LogP contribution in [0.2, 0.25) is 0 Å². The van der Waals surface area contributed by atoms with Crippen molar-refractivity contribution in [2.24, 2.45) is 0 Å². The van der Waals surface area contributed by atoms with Crippen LogP contribution in [0.3, 0.4) is 0 Å². The van der Waals surface area contributed by atoms with Gasteiger partial charge in [0.25, 0.3) is 0 Å². The summed E-state index contributed by atoms with van der Waals surface area (Å²) in [4.78, 5) is 22.2. The van der Waals surface area contributed by atoms with Crippen LogP contribution in [0.4, 0.5) is 10.7 Å². The van der Waals surface area contributed by atoms with Crippen molar-refractivity contribution in [3.63, 3.8) is 0 Å². The average molecular weight is 262 g/mol. The van der Waals surface area contributed by atoms with Crippen molar-refractivity contribution in [2.45, 2.75) is 11.8 Å². The molecule has 0 aromatic carbocycles. The van der Waals surface area contributed by atoms with E-state index in [1.54, 1.807) is 13.2 Å². The maximum absolute atomic E-state index is 11.5. The summed E-state index contributed by atoms with van der Waals surface area (Å²) in [5.74, 6) is -0.573. The van der Waals surface area contributed by atoms with Crippen LogP contribution in [-0.4, -0.2) is 23.8 Å². The van der Waals surface area contributed by atoms with E-state index in [1.807, 2.05) is 0 Å². The third kappa shape index (κ3) is 2.27. The monoisotopic (exact) mass is 262 g/mol. The maximum Gasteiger partial charge on any atom is 0.349 e. The summed E-state index contributed by atoms with van der Waals surface area (Å²) in [6, 6.07) is 0. The maximum atomic E-state index is 11.5. The molecule has 0 spiro atoms. The minimum absolute atomic E-state index is 0.0329. The molecule has 88 valence electrons. The van der Waals surface area contributed by atoms with Gasteiger partial charge in [-0.15, -0.1) is 11.8 Å². The molecule has 0 aliphatic carbocycles. The molecule has 0 unspecified atom stereocenters. The molecule has 6 nitrogen and oxygen atoms in total. The number of hydrogen-bond acceptors (Lipinski definition) is 7. The highest BCUT2D eigenvalue weighted by atomic mass is 32.2. The van der Waals surface area contributed by atoms with Gasteiger partial charge in [-0.05, 0) is 13.2 Å². The molecule has 0 aliphatic heterocycles. The lowest BCUT2D eigenvalue weighted by Crippen LogP contribution is -2.03. The van der Waals surface area contributed by atoms with Crippen molar-refractivity contribution in [2.75, 3.05) is 18.6 Å². The third-order valence-electron chi connectivity index (χ3n) is 1.71. The molecular weight excluding hydrogens is 252 g/mol. The normalized spacial score (nSPS) is 10.1. The number of esters is 1. The Morgan fingerprint density at radius 1 is 1.69 bits per heavy atom. The standard InChI is InChI=1S/C8H10N2O4S2/c1-3-14-8(11)6-5(15-2)4(9)7(16-6)10(12)13/h3,9H2,1-2H3. The van der Waals surface area contributed by atoms with E-state index < -0.39 is 10.9 Å². The van der Waals surface area contributed by atoms with Gasteiger partial charge in [0.05, 0.1) is 16.4 Å². The van der Waals surface area contributed by atoms with Crippen LogP contribution >= 0.6 is 23.1 Å². The Morgan fingerprint density at radius 2 is 2.31 bits per heavy atom. The van der Waals surface area contributed by atoms with Crippen LogP contribution in [0.25, 0.3) is 0 Å². The first-order chi connectivity index (χ1) is 7.52. The molecule has 16 heavy (non-hydrogen) atoms. The number of nitro groups is 1. The van der Waals surface area contributed by atoms with Crippen LogP contribution in [0.1, 0.15) is 16.6 Å². The Morgan fingerprint density at radius 3 is 2.75 bits per heavy atom. The molecule has 1 heterocycles. The largest absolute Gasteiger partial charge is 0.462 e. The van der Waals surface area contributed by atoms with Gasteiger partial charge in [-0.1, -0.05) is 11.3 Å². The van der Waals surface area contributed by atoms with Crippen LogP contribution in [-0.2, 0) is 4.74 Å². The molecule has 1 rings (SSSR count). The van der Waals surface area contributed by atoms with Gasteiger partial charge in [-0.3, -0.25) is 10.1 Å². The van der Waals surface area contributed by atoms with Crippen molar-refractivity contribution in [1.29, 1.82) is 0 Å². The molecular formula is C8H10N2O4S2. The van der Waals surface area contributed by atoms with E-state index in [-0.39, 0.29) is 22.2 Å². The Kier molecular flexibility index (Phi) is 4.13.